The van der Waals surface area contributed by atoms with Crippen LogP contribution in [0.3, 0.4) is 0 Å². The molecular weight excluding hydrogens is 110 g/mol. The molecule has 0 aliphatic carbocycles. The summed E-state index contributed by atoms with van der Waals surface area (Å²) in [6, 6.07) is 0.465. The second-order valence-corrected chi connectivity index (χ2v) is 1.95. The molecule has 1 heteroatoms. The van der Waals surface area contributed by atoms with E-state index < -0.39 is 0 Å². The average Bonchev–Trinajstić information content (AvgIpc) is 1.88. The Bertz CT molecular complexity index is 94.7. The van der Waals surface area contributed by atoms with E-state index in [0.29, 0.717) is 6.04 Å². The zero-order chi connectivity index (χ0) is 7.11. The standard InChI is InChI=1S/C8H15N/c1-4-6-8(9-3)7-5-2/h4-5,7-9H,1,6H2,2-3H3. The Morgan fingerprint density at radius 1 is 1.67 bits per heavy atom. The van der Waals surface area contributed by atoms with Crippen molar-refractivity contribution in [3.63, 3.8) is 0 Å². The van der Waals surface area contributed by atoms with Crippen LogP contribution in [0.15, 0.2) is 24.8 Å². The molecule has 0 radical (unpaired) electrons. The lowest BCUT2D eigenvalue weighted by atomic mass is 10.2. The summed E-state index contributed by atoms with van der Waals surface area (Å²) in [4.78, 5) is 0. The fourth-order valence-electron chi connectivity index (χ4n) is 0.705. The van der Waals surface area contributed by atoms with Crippen LogP contribution in [0.25, 0.3) is 0 Å². The number of hydrogen-bond acceptors (Lipinski definition) is 1. The first-order chi connectivity index (χ1) is 4.35. The van der Waals surface area contributed by atoms with Gasteiger partial charge >= 0.3 is 0 Å². The number of allylic oxidation sites excluding steroid dienone is 1. The molecule has 0 aromatic carbocycles. The fourth-order valence-corrected chi connectivity index (χ4v) is 0.705. The Labute approximate surface area is 57.5 Å². The van der Waals surface area contributed by atoms with Crippen LogP contribution in [0, 0.1) is 0 Å². The zero-order valence-corrected chi connectivity index (χ0v) is 6.22. The minimum absolute atomic E-state index is 0.465. The fraction of sp³-hybridized carbons (Fsp3) is 0.500. The Hall–Kier alpha value is -0.560. The van der Waals surface area contributed by atoms with Gasteiger partial charge in [-0.3, -0.25) is 0 Å². The summed E-state index contributed by atoms with van der Waals surface area (Å²) in [5.41, 5.74) is 0. The van der Waals surface area contributed by atoms with Crippen molar-refractivity contribution in [3.05, 3.63) is 24.8 Å². The molecule has 0 rings (SSSR count). The summed E-state index contributed by atoms with van der Waals surface area (Å²) in [6.45, 7) is 5.68. The van der Waals surface area contributed by atoms with E-state index in [-0.39, 0.29) is 0 Å². The highest BCUT2D eigenvalue weighted by Gasteiger charge is 1.93. The molecule has 1 nitrogen and oxygen atoms in total. The maximum Gasteiger partial charge on any atom is 0.0281 e. The molecule has 0 aromatic heterocycles. The molecule has 1 atom stereocenters. The van der Waals surface area contributed by atoms with Gasteiger partial charge in [-0.15, -0.1) is 6.58 Å². The molecule has 9 heavy (non-hydrogen) atoms. The highest BCUT2D eigenvalue weighted by atomic mass is 14.8. The Balaban J connectivity index is 3.53. The highest BCUT2D eigenvalue weighted by Crippen LogP contribution is 1.92. The van der Waals surface area contributed by atoms with Crippen molar-refractivity contribution in [1.29, 1.82) is 0 Å². The van der Waals surface area contributed by atoms with Crippen LogP contribution in [-0.2, 0) is 0 Å². The lowest BCUT2D eigenvalue weighted by molar-refractivity contribution is 0.677. The topological polar surface area (TPSA) is 12.0 Å². The summed E-state index contributed by atoms with van der Waals surface area (Å²) in [5, 5.41) is 3.15. The molecule has 0 aliphatic heterocycles. The first kappa shape index (κ1) is 8.44. The van der Waals surface area contributed by atoms with E-state index in [9.17, 15) is 0 Å². The van der Waals surface area contributed by atoms with E-state index in [1.165, 1.54) is 0 Å². The molecule has 0 aromatic rings. The largest absolute Gasteiger partial charge is 0.313 e. The number of hydrogen-bond donors (Lipinski definition) is 1. The van der Waals surface area contributed by atoms with Crippen LogP contribution in [0.2, 0.25) is 0 Å². The van der Waals surface area contributed by atoms with Crippen molar-refractivity contribution >= 4 is 0 Å². The third-order valence-electron chi connectivity index (χ3n) is 1.22. The summed E-state index contributed by atoms with van der Waals surface area (Å²) >= 11 is 0. The number of rotatable bonds is 4. The lowest BCUT2D eigenvalue weighted by Gasteiger charge is -2.06. The number of nitrogens with one attached hydrogen (secondary N) is 1. The molecule has 0 heterocycles. The molecule has 0 fully saturated rings. The zero-order valence-electron chi connectivity index (χ0n) is 6.22. The van der Waals surface area contributed by atoms with Gasteiger partial charge < -0.3 is 5.32 Å². The van der Waals surface area contributed by atoms with Crippen molar-refractivity contribution in [2.75, 3.05) is 7.05 Å². The van der Waals surface area contributed by atoms with Crippen molar-refractivity contribution in [2.24, 2.45) is 0 Å². The number of likely N-dealkylation sites (N-methyl/N-ethyl adjacent to an activating group) is 1. The van der Waals surface area contributed by atoms with Crippen molar-refractivity contribution in [2.45, 2.75) is 19.4 Å². The Kier molecular flexibility index (Phi) is 5.23. The van der Waals surface area contributed by atoms with Gasteiger partial charge in [0.15, 0.2) is 0 Å². The van der Waals surface area contributed by atoms with Crippen LogP contribution in [0.1, 0.15) is 13.3 Å². The van der Waals surface area contributed by atoms with E-state index in [0.717, 1.165) is 6.42 Å². The Morgan fingerprint density at radius 3 is 2.67 bits per heavy atom. The molecule has 52 valence electrons. The van der Waals surface area contributed by atoms with Crippen LogP contribution < -0.4 is 5.32 Å². The Morgan fingerprint density at radius 2 is 2.33 bits per heavy atom. The van der Waals surface area contributed by atoms with E-state index in [1.807, 2.05) is 26.1 Å². The first-order valence-corrected chi connectivity index (χ1v) is 3.26. The summed E-state index contributed by atoms with van der Waals surface area (Å²) < 4.78 is 0. The molecule has 1 N–H and O–H groups in total. The third-order valence-corrected chi connectivity index (χ3v) is 1.22. The van der Waals surface area contributed by atoms with Gasteiger partial charge in [-0.2, -0.15) is 0 Å². The predicted octanol–water partition coefficient (Wildman–Crippen LogP) is 1.73. The quantitative estimate of drug-likeness (QED) is 0.564. The van der Waals surface area contributed by atoms with Gasteiger partial charge in [-0.25, -0.2) is 0 Å². The summed E-state index contributed by atoms with van der Waals surface area (Å²) in [5.74, 6) is 0. The van der Waals surface area contributed by atoms with Crippen molar-refractivity contribution in [3.8, 4) is 0 Å². The van der Waals surface area contributed by atoms with Gasteiger partial charge in [0, 0.05) is 6.04 Å². The maximum absolute atomic E-state index is 3.66. The molecule has 0 saturated carbocycles. The van der Waals surface area contributed by atoms with E-state index in [4.69, 9.17) is 0 Å². The van der Waals surface area contributed by atoms with Crippen LogP contribution in [0.4, 0.5) is 0 Å². The monoisotopic (exact) mass is 125 g/mol. The normalized spacial score (nSPS) is 14.0. The van der Waals surface area contributed by atoms with Gasteiger partial charge in [0.2, 0.25) is 0 Å². The summed E-state index contributed by atoms with van der Waals surface area (Å²) in [7, 11) is 1.95. The predicted molar refractivity (Wildman–Crippen MR) is 42.5 cm³/mol. The van der Waals surface area contributed by atoms with Gasteiger partial charge in [0.1, 0.15) is 0 Å². The molecule has 1 unspecified atom stereocenters. The van der Waals surface area contributed by atoms with Gasteiger partial charge in [-0.1, -0.05) is 18.2 Å². The van der Waals surface area contributed by atoms with E-state index >= 15 is 0 Å². The third kappa shape index (κ3) is 3.98. The molecule has 0 saturated heterocycles. The molecule has 0 spiro atoms. The van der Waals surface area contributed by atoms with E-state index in [2.05, 4.69) is 18.0 Å². The second-order valence-electron chi connectivity index (χ2n) is 1.95. The molecular formula is C8H15N. The van der Waals surface area contributed by atoms with Crippen molar-refractivity contribution < 1.29 is 0 Å². The van der Waals surface area contributed by atoms with Gasteiger partial charge in [0.25, 0.3) is 0 Å². The van der Waals surface area contributed by atoms with Crippen LogP contribution in [0.5, 0.6) is 0 Å². The van der Waals surface area contributed by atoms with Gasteiger partial charge in [0.05, 0.1) is 0 Å². The molecule has 0 bridgehead atoms. The van der Waals surface area contributed by atoms with Crippen LogP contribution >= 0.6 is 0 Å². The second kappa shape index (κ2) is 5.57. The minimum atomic E-state index is 0.465. The smallest absolute Gasteiger partial charge is 0.0281 e. The minimum Gasteiger partial charge on any atom is -0.313 e. The maximum atomic E-state index is 3.66. The molecule has 0 amide bonds. The average molecular weight is 125 g/mol. The molecule has 0 aliphatic rings. The SMILES string of the molecule is C=CCC(C=CC)NC. The first-order valence-electron chi connectivity index (χ1n) is 3.26. The lowest BCUT2D eigenvalue weighted by Crippen LogP contribution is -2.21. The summed E-state index contributed by atoms with van der Waals surface area (Å²) in [6.07, 6.45) is 7.09. The van der Waals surface area contributed by atoms with Gasteiger partial charge in [-0.05, 0) is 20.4 Å². The highest BCUT2D eigenvalue weighted by molar-refractivity contribution is 4.93. The van der Waals surface area contributed by atoms with Crippen LogP contribution in [-0.4, -0.2) is 13.1 Å². The van der Waals surface area contributed by atoms with Crippen molar-refractivity contribution in [1.82, 2.24) is 5.32 Å². The van der Waals surface area contributed by atoms with E-state index in [1.54, 1.807) is 0 Å².